The number of carbonyl (C=O) groups excluding carboxylic acids is 1. The lowest BCUT2D eigenvalue weighted by molar-refractivity contribution is -0.126. The Morgan fingerprint density at radius 1 is 1.08 bits per heavy atom. The van der Waals surface area contributed by atoms with Crippen molar-refractivity contribution in [2.75, 3.05) is 45.9 Å². The van der Waals surface area contributed by atoms with Gasteiger partial charge in [0.25, 0.3) is 0 Å². The zero-order valence-corrected chi connectivity index (χ0v) is 17.1. The average molecular weight is 396 g/mol. The van der Waals surface area contributed by atoms with Crippen molar-refractivity contribution in [1.29, 1.82) is 0 Å². The molecule has 7 heteroatoms. The van der Waals surface area contributed by atoms with Crippen molar-refractivity contribution in [3.05, 3.63) is 0 Å². The highest BCUT2D eigenvalue weighted by atomic mass is 35.5. The van der Waals surface area contributed by atoms with Crippen molar-refractivity contribution in [3.63, 3.8) is 0 Å². The normalized spacial score (nSPS) is 25.5. The summed E-state index contributed by atoms with van der Waals surface area (Å²) in [4.78, 5) is 15.2. The molecule has 0 atom stereocenters. The van der Waals surface area contributed by atoms with E-state index in [1.807, 2.05) is 0 Å². The van der Waals surface area contributed by atoms with E-state index in [0.29, 0.717) is 6.42 Å². The Morgan fingerprint density at radius 3 is 2.28 bits per heavy atom. The number of morpholine rings is 1. The molecular formula is C18H35Cl2N3O2. The maximum Gasteiger partial charge on any atom is 0.221 e. The van der Waals surface area contributed by atoms with E-state index in [4.69, 9.17) is 4.74 Å². The predicted octanol–water partition coefficient (Wildman–Crippen LogP) is 2.37. The minimum Gasteiger partial charge on any atom is -0.379 e. The Bertz CT molecular complexity index is 405. The summed E-state index contributed by atoms with van der Waals surface area (Å²) in [6, 6.07) is 0. The molecule has 2 aliphatic heterocycles. The molecule has 0 radical (unpaired) electrons. The molecular weight excluding hydrogens is 361 g/mol. The van der Waals surface area contributed by atoms with Gasteiger partial charge in [0.2, 0.25) is 5.91 Å². The monoisotopic (exact) mass is 395 g/mol. The van der Waals surface area contributed by atoms with Crippen molar-refractivity contribution >= 4 is 30.7 Å². The van der Waals surface area contributed by atoms with Gasteiger partial charge in [-0.15, -0.1) is 24.8 Å². The van der Waals surface area contributed by atoms with Crippen LogP contribution in [-0.2, 0) is 9.53 Å². The van der Waals surface area contributed by atoms with Crippen LogP contribution in [0.5, 0.6) is 0 Å². The fourth-order valence-electron chi connectivity index (χ4n) is 4.56. The molecule has 0 bridgehead atoms. The van der Waals surface area contributed by atoms with E-state index in [2.05, 4.69) is 22.5 Å². The number of halogens is 2. The van der Waals surface area contributed by atoms with E-state index in [9.17, 15) is 4.79 Å². The van der Waals surface area contributed by atoms with Crippen molar-refractivity contribution < 1.29 is 9.53 Å². The fraction of sp³-hybridized carbons (Fsp3) is 0.944. The molecule has 2 saturated heterocycles. The van der Waals surface area contributed by atoms with Gasteiger partial charge in [0.1, 0.15) is 0 Å². The topological polar surface area (TPSA) is 53.6 Å². The molecule has 0 aromatic heterocycles. The molecule has 5 nitrogen and oxygen atoms in total. The van der Waals surface area contributed by atoms with Crippen molar-refractivity contribution in [3.8, 4) is 0 Å². The van der Waals surface area contributed by atoms with Crippen molar-refractivity contribution in [1.82, 2.24) is 15.5 Å². The summed E-state index contributed by atoms with van der Waals surface area (Å²) in [6.45, 7) is 8.87. The first kappa shape index (κ1) is 23.0. The maximum absolute atomic E-state index is 12.6. The van der Waals surface area contributed by atoms with E-state index in [1.165, 1.54) is 25.7 Å². The van der Waals surface area contributed by atoms with Crippen LogP contribution in [0.1, 0.15) is 51.9 Å². The number of hydrogen-bond acceptors (Lipinski definition) is 4. The number of rotatable bonds is 5. The van der Waals surface area contributed by atoms with Crippen LogP contribution in [0, 0.1) is 5.41 Å². The van der Waals surface area contributed by atoms with Gasteiger partial charge in [-0.1, -0.05) is 19.8 Å². The number of ether oxygens (including phenoxy) is 1. The van der Waals surface area contributed by atoms with Crippen LogP contribution in [0.15, 0.2) is 0 Å². The molecule has 1 saturated carbocycles. The summed E-state index contributed by atoms with van der Waals surface area (Å²) in [6.07, 6.45) is 7.83. The average Bonchev–Trinajstić information content (AvgIpc) is 3.04. The van der Waals surface area contributed by atoms with Gasteiger partial charge in [0, 0.05) is 31.6 Å². The summed E-state index contributed by atoms with van der Waals surface area (Å²) in [5.41, 5.74) is 0.367. The molecule has 3 fully saturated rings. The van der Waals surface area contributed by atoms with Crippen LogP contribution >= 0.6 is 24.8 Å². The molecule has 25 heavy (non-hydrogen) atoms. The van der Waals surface area contributed by atoms with Gasteiger partial charge in [0.05, 0.1) is 13.2 Å². The minimum absolute atomic E-state index is 0. The van der Waals surface area contributed by atoms with Gasteiger partial charge < -0.3 is 15.4 Å². The molecule has 0 unspecified atom stereocenters. The van der Waals surface area contributed by atoms with Crippen LogP contribution in [-0.4, -0.2) is 62.3 Å². The molecule has 1 amide bonds. The van der Waals surface area contributed by atoms with E-state index in [1.54, 1.807) is 0 Å². The van der Waals surface area contributed by atoms with Crippen LogP contribution in [0.3, 0.4) is 0 Å². The smallest absolute Gasteiger partial charge is 0.221 e. The lowest BCUT2D eigenvalue weighted by Crippen LogP contribution is -2.54. The first-order chi connectivity index (χ1) is 11.1. The summed E-state index contributed by atoms with van der Waals surface area (Å²) >= 11 is 0. The lowest BCUT2D eigenvalue weighted by Gasteiger charge is -2.43. The van der Waals surface area contributed by atoms with E-state index in [0.717, 1.165) is 58.8 Å². The highest BCUT2D eigenvalue weighted by Gasteiger charge is 2.41. The zero-order valence-electron chi connectivity index (χ0n) is 15.5. The second-order valence-electron chi connectivity index (χ2n) is 8.05. The van der Waals surface area contributed by atoms with Gasteiger partial charge in [-0.2, -0.15) is 0 Å². The minimum atomic E-state index is 0. The number of piperidine rings is 1. The maximum atomic E-state index is 12.6. The van der Waals surface area contributed by atoms with Crippen LogP contribution < -0.4 is 10.6 Å². The number of nitrogens with zero attached hydrogens (tertiary/aromatic N) is 1. The highest BCUT2D eigenvalue weighted by molar-refractivity contribution is 5.85. The second-order valence-corrected chi connectivity index (χ2v) is 8.05. The number of nitrogens with one attached hydrogen (secondary N) is 2. The van der Waals surface area contributed by atoms with E-state index < -0.39 is 0 Å². The summed E-state index contributed by atoms with van der Waals surface area (Å²) in [5.74, 6) is 0.248. The summed E-state index contributed by atoms with van der Waals surface area (Å²) in [5, 5.41) is 6.66. The third kappa shape index (κ3) is 5.96. The molecule has 2 heterocycles. The lowest BCUT2D eigenvalue weighted by atomic mass is 9.81. The van der Waals surface area contributed by atoms with Crippen LogP contribution in [0.2, 0.25) is 0 Å². The van der Waals surface area contributed by atoms with Gasteiger partial charge in [-0.25, -0.2) is 0 Å². The molecule has 0 spiro atoms. The molecule has 3 aliphatic rings. The molecule has 148 valence electrons. The van der Waals surface area contributed by atoms with Gasteiger partial charge >= 0.3 is 0 Å². The van der Waals surface area contributed by atoms with Crippen molar-refractivity contribution in [2.24, 2.45) is 5.41 Å². The highest BCUT2D eigenvalue weighted by Crippen LogP contribution is 2.38. The third-order valence-corrected chi connectivity index (χ3v) is 6.23. The quantitative estimate of drug-likeness (QED) is 0.749. The number of amides is 1. The molecule has 1 aliphatic carbocycles. The molecule has 0 aromatic carbocycles. The Morgan fingerprint density at radius 2 is 1.68 bits per heavy atom. The number of carbonyl (C=O) groups is 1. The third-order valence-electron chi connectivity index (χ3n) is 6.23. The Balaban J connectivity index is 0.00000156. The second kappa shape index (κ2) is 10.3. The van der Waals surface area contributed by atoms with Gasteiger partial charge in [0.15, 0.2) is 0 Å². The van der Waals surface area contributed by atoms with E-state index >= 15 is 0 Å². The van der Waals surface area contributed by atoms with E-state index in [-0.39, 0.29) is 41.7 Å². The number of hydrogen-bond donors (Lipinski definition) is 2. The molecule has 3 rings (SSSR count). The Hall–Kier alpha value is -0.0700. The zero-order chi connectivity index (χ0) is 16.2. The summed E-state index contributed by atoms with van der Waals surface area (Å²) in [7, 11) is 0. The van der Waals surface area contributed by atoms with Crippen molar-refractivity contribution in [2.45, 2.75) is 57.4 Å². The standard InChI is InChI=1S/C18H33N3O2.2ClH/c1-17(6-8-19-9-7-17)15-20-16(22)14-18(4-2-3-5-18)21-10-12-23-13-11-21;;/h19H,2-15H2,1H3,(H,20,22);2*1H. The van der Waals surface area contributed by atoms with Gasteiger partial charge in [-0.3, -0.25) is 9.69 Å². The van der Waals surface area contributed by atoms with Crippen LogP contribution in [0.25, 0.3) is 0 Å². The largest absolute Gasteiger partial charge is 0.379 e. The Kier molecular flexibility index (Phi) is 9.47. The summed E-state index contributed by atoms with van der Waals surface area (Å²) < 4.78 is 5.50. The molecule has 0 aromatic rings. The Labute approximate surface area is 164 Å². The van der Waals surface area contributed by atoms with Crippen LogP contribution in [0.4, 0.5) is 0 Å². The molecule has 2 N–H and O–H groups in total. The first-order valence-electron chi connectivity index (χ1n) is 9.42. The fourth-order valence-corrected chi connectivity index (χ4v) is 4.56. The first-order valence-corrected chi connectivity index (χ1v) is 9.42. The predicted molar refractivity (Wildman–Crippen MR) is 106 cm³/mol. The van der Waals surface area contributed by atoms with Gasteiger partial charge in [-0.05, 0) is 44.2 Å². The SMILES string of the molecule is CC1(CNC(=O)CC2(N3CCOCC3)CCCC2)CCNCC1.Cl.Cl.